The van der Waals surface area contributed by atoms with Gasteiger partial charge >= 0.3 is 10.2 Å². The van der Waals surface area contributed by atoms with Crippen molar-refractivity contribution in [3.8, 4) is 0 Å². The molecule has 1 heterocycles. The number of hydrogen-bond acceptors (Lipinski definition) is 4. The first-order valence-corrected chi connectivity index (χ1v) is 12.6. The van der Waals surface area contributed by atoms with Gasteiger partial charge in [0.1, 0.15) is 6.54 Å². The Kier molecular flexibility index (Phi) is 8.29. The SMILES string of the molecule is Cc1ccc(C)c(N(CC(=O)N2CCN(C/C=C/c3ccccc3)CC2)S(=O)(=O)N(C)C)c1. The molecule has 1 saturated heterocycles. The zero-order valence-corrected chi connectivity index (χ0v) is 20.8. The van der Waals surface area contributed by atoms with Crippen LogP contribution in [0.4, 0.5) is 5.69 Å². The zero-order chi connectivity index (χ0) is 24.0. The molecule has 3 rings (SSSR count). The minimum absolute atomic E-state index is 0.180. The second-order valence-electron chi connectivity index (χ2n) is 8.58. The van der Waals surface area contributed by atoms with Gasteiger partial charge < -0.3 is 4.90 Å². The van der Waals surface area contributed by atoms with Crippen molar-refractivity contribution in [3.63, 3.8) is 0 Å². The number of carbonyl (C=O) groups is 1. The predicted octanol–water partition coefficient (Wildman–Crippen LogP) is 2.77. The highest BCUT2D eigenvalue weighted by Crippen LogP contribution is 2.25. The van der Waals surface area contributed by atoms with Crippen LogP contribution in [0.25, 0.3) is 6.08 Å². The molecule has 0 bridgehead atoms. The normalized spacial score (nSPS) is 15.4. The molecular formula is C25H34N4O3S. The maximum absolute atomic E-state index is 13.1. The van der Waals surface area contributed by atoms with Crippen LogP contribution < -0.4 is 4.31 Å². The molecule has 1 aliphatic heterocycles. The van der Waals surface area contributed by atoms with Crippen LogP contribution in [0.1, 0.15) is 16.7 Å². The highest BCUT2D eigenvalue weighted by Gasteiger charge is 2.31. The number of aryl methyl sites for hydroxylation is 2. The second kappa shape index (κ2) is 11.0. The Hall–Kier alpha value is -2.68. The van der Waals surface area contributed by atoms with E-state index in [9.17, 15) is 13.2 Å². The molecule has 178 valence electrons. The van der Waals surface area contributed by atoms with Crippen molar-refractivity contribution in [1.29, 1.82) is 0 Å². The maximum atomic E-state index is 13.1. The molecule has 0 N–H and O–H groups in total. The summed E-state index contributed by atoms with van der Waals surface area (Å²) < 4.78 is 28.5. The number of nitrogens with zero attached hydrogens (tertiary/aromatic N) is 4. The predicted molar refractivity (Wildman–Crippen MR) is 134 cm³/mol. The molecule has 0 saturated carbocycles. The number of amides is 1. The van der Waals surface area contributed by atoms with E-state index in [-0.39, 0.29) is 12.5 Å². The fourth-order valence-corrected chi connectivity index (χ4v) is 4.89. The van der Waals surface area contributed by atoms with Crippen molar-refractivity contribution >= 4 is 27.9 Å². The Morgan fingerprint density at radius 1 is 1.00 bits per heavy atom. The van der Waals surface area contributed by atoms with Gasteiger partial charge in [0.2, 0.25) is 5.91 Å². The number of benzene rings is 2. The van der Waals surface area contributed by atoms with E-state index in [0.29, 0.717) is 18.8 Å². The first-order chi connectivity index (χ1) is 15.7. The molecule has 1 aliphatic rings. The second-order valence-corrected chi connectivity index (χ2v) is 10.6. The average Bonchev–Trinajstić information content (AvgIpc) is 2.80. The van der Waals surface area contributed by atoms with E-state index in [0.717, 1.165) is 35.1 Å². The van der Waals surface area contributed by atoms with Gasteiger partial charge in [0, 0.05) is 46.8 Å². The van der Waals surface area contributed by atoms with E-state index in [1.807, 2.05) is 50.2 Å². The summed E-state index contributed by atoms with van der Waals surface area (Å²) in [4.78, 5) is 17.2. The van der Waals surface area contributed by atoms with Crippen molar-refractivity contribution in [2.75, 3.05) is 57.7 Å². The van der Waals surface area contributed by atoms with Crippen LogP contribution in [0.15, 0.2) is 54.6 Å². The summed E-state index contributed by atoms with van der Waals surface area (Å²) >= 11 is 0. The number of anilines is 1. The van der Waals surface area contributed by atoms with Gasteiger partial charge in [0.05, 0.1) is 5.69 Å². The molecule has 7 nitrogen and oxygen atoms in total. The third-order valence-electron chi connectivity index (χ3n) is 5.85. The molecule has 0 atom stereocenters. The van der Waals surface area contributed by atoms with Crippen LogP contribution >= 0.6 is 0 Å². The van der Waals surface area contributed by atoms with E-state index in [1.54, 1.807) is 4.90 Å². The zero-order valence-electron chi connectivity index (χ0n) is 19.9. The highest BCUT2D eigenvalue weighted by molar-refractivity contribution is 7.90. The van der Waals surface area contributed by atoms with E-state index in [1.165, 1.54) is 24.0 Å². The summed E-state index contributed by atoms with van der Waals surface area (Å²) in [5, 5.41) is 0. The lowest BCUT2D eigenvalue weighted by atomic mass is 10.1. The lowest BCUT2D eigenvalue weighted by Crippen LogP contribution is -2.53. The molecule has 0 aromatic heterocycles. The minimum Gasteiger partial charge on any atom is -0.339 e. The third kappa shape index (κ3) is 6.43. The summed E-state index contributed by atoms with van der Waals surface area (Å²) in [6.07, 6.45) is 4.24. The molecule has 0 radical (unpaired) electrons. The Morgan fingerprint density at radius 3 is 2.30 bits per heavy atom. The van der Waals surface area contributed by atoms with Crippen LogP contribution in [0, 0.1) is 13.8 Å². The van der Waals surface area contributed by atoms with Crippen molar-refractivity contribution in [3.05, 3.63) is 71.3 Å². The molecular weight excluding hydrogens is 436 g/mol. The van der Waals surface area contributed by atoms with Crippen molar-refractivity contribution in [2.45, 2.75) is 13.8 Å². The molecule has 8 heteroatoms. The topological polar surface area (TPSA) is 64.2 Å². The molecule has 1 fully saturated rings. The van der Waals surface area contributed by atoms with Crippen molar-refractivity contribution in [1.82, 2.24) is 14.1 Å². The van der Waals surface area contributed by atoms with Crippen LogP contribution in [-0.4, -0.2) is 81.8 Å². The minimum atomic E-state index is -3.81. The lowest BCUT2D eigenvalue weighted by Gasteiger charge is -2.36. The first kappa shape index (κ1) is 25.0. The van der Waals surface area contributed by atoms with Gasteiger partial charge in [-0.2, -0.15) is 12.7 Å². The van der Waals surface area contributed by atoms with Crippen molar-refractivity contribution in [2.24, 2.45) is 0 Å². The Bertz CT molecular complexity index is 1080. The molecule has 2 aromatic carbocycles. The third-order valence-corrected chi connectivity index (χ3v) is 7.66. The Balaban J connectivity index is 1.63. The summed E-state index contributed by atoms with van der Waals surface area (Å²) in [5.74, 6) is -0.180. The van der Waals surface area contributed by atoms with Crippen LogP contribution in [-0.2, 0) is 15.0 Å². The quantitative estimate of drug-likeness (QED) is 0.595. The van der Waals surface area contributed by atoms with Crippen LogP contribution in [0.3, 0.4) is 0 Å². The summed E-state index contributed by atoms with van der Waals surface area (Å²) in [6.45, 7) is 7.07. The van der Waals surface area contributed by atoms with Crippen LogP contribution in [0.2, 0.25) is 0 Å². The Labute approximate surface area is 198 Å². The van der Waals surface area contributed by atoms with Gasteiger partial charge in [-0.15, -0.1) is 0 Å². The number of carbonyl (C=O) groups excluding carboxylic acids is 1. The van der Waals surface area contributed by atoms with Gasteiger partial charge in [-0.1, -0.05) is 54.6 Å². The fourth-order valence-electron chi connectivity index (χ4n) is 3.78. The van der Waals surface area contributed by atoms with Crippen LogP contribution in [0.5, 0.6) is 0 Å². The average molecular weight is 471 g/mol. The Morgan fingerprint density at radius 2 is 1.67 bits per heavy atom. The number of piperazine rings is 1. The molecule has 0 unspecified atom stereocenters. The highest BCUT2D eigenvalue weighted by atomic mass is 32.2. The molecule has 0 aliphatic carbocycles. The van der Waals surface area contributed by atoms with E-state index in [4.69, 9.17) is 0 Å². The summed E-state index contributed by atoms with van der Waals surface area (Å²) in [6, 6.07) is 15.8. The van der Waals surface area contributed by atoms with Gasteiger partial charge in [0.15, 0.2) is 0 Å². The summed E-state index contributed by atoms with van der Waals surface area (Å²) in [5.41, 5.74) is 3.47. The molecule has 0 spiro atoms. The van der Waals surface area contributed by atoms with Gasteiger partial charge in [-0.25, -0.2) is 4.31 Å². The first-order valence-electron chi connectivity index (χ1n) is 11.2. The molecule has 33 heavy (non-hydrogen) atoms. The summed E-state index contributed by atoms with van der Waals surface area (Å²) in [7, 11) is -0.843. The van der Waals surface area contributed by atoms with E-state index < -0.39 is 10.2 Å². The molecule has 1 amide bonds. The number of hydrogen-bond donors (Lipinski definition) is 0. The lowest BCUT2D eigenvalue weighted by molar-refractivity contribution is -0.131. The monoisotopic (exact) mass is 470 g/mol. The fraction of sp³-hybridized carbons (Fsp3) is 0.400. The molecule has 2 aromatic rings. The largest absolute Gasteiger partial charge is 0.339 e. The smallest absolute Gasteiger partial charge is 0.304 e. The van der Waals surface area contributed by atoms with Crippen molar-refractivity contribution < 1.29 is 13.2 Å². The van der Waals surface area contributed by atoms with E-state index in [2.05, 4.69) is 29.2 Å². The maximum Gasteiger partial charge on any atom is 0.304 e. The van der Waals surface area contributed by atoms with E-state index >= 15 is 0 Å². The van der Waals surface area contributed by atoms with Gasteiger partial charge in [-0.3, -0.25) is 9.69 Å². The number of rotatable bonds is 8. The van der Waals surface area contributed by atoms with Gasteiger partial charge in [-0.05, 0) is 36.6 Å². The van der Waals surface area contributed by atoms with Gasteiger partial charge in [0.25, 0.3) is 0 Å². The standard InChI is InChI=1S/C25H34N4O3S/c1-21-12-13-22(2)24(19-21)29(33(31,32)26(3)4)20-25(30)28-17-15-27(16-18-28)14-8-11-23-9-6-5-7-10-23/h5-13,19H,14-18,20H2,1-4H3/b11-8+.